The molecule has 0 atom stereocenters. The third-order valence-electron chi connectivity index (χ3n) is 3.96. The van der Waals surface area contributed by atoms with Crippen LogP contribution in [0.3, 0.4) is 0 Å². The molecule has 2 rings (SSSR count). The van der Waals surface area contributed by atoms with E-state index in [1.165, 1.54) is 29.2 Å². The topological polar surface area (TPSA) is 115 Å². The average molecular weight is 390 g/mol. The predicted octanol–water partition coefficient (Wildman–Crippen LogP) is 1.06. The summed E-state index contributed by atoms with van der Waals surface area (Å²) in [6.45, 7) is 1.41. The van der Waals surface area contributed by atoms with E-state index < -0.39 is 28.8 Å². The third-order valence-corrected chi connectivity index (χ3v) is 3.96. The highest BCUT2D eigenvalue weighted by Crippen LogP contribution is 2.07. The summed E-state index contributed by atoms with van der Waals surface area (Å²) >= 11 is 0. The van der Waals surface area contributed by atoms with E-state index in [2.05, 4.69) is 5.32 Å². The summed E-state index contributed by atoms with van der Waals surface area (Å²) in [5.74, 6) is -1.33. The van der Waals surface area contributed by atoms with E-state index >= 15 is 0 Å². The van der Waals surface area contributed by atoms with Crippen LogP contribution in [0.4, 0.5) is 10.1 Å². The molecule has 0 aliphatic rings. The molecule has 0 aliphatic carbocycles. The molecule has 1 aromatic carbocycles. The number of rotatable bonds is 8. The number of hydrogen-bond donors (Lipinski definition) is 1. The van der Waals surface area contributed by atoms with Crippen LogP contribution < -0.4 is 10.9 Å². The van der Waals surface area contributed by atoms with Gasteiger partial charge in [0.25, 0.3) is 11.2 Å². The van der Waals surface area contributed by atoms with Crippen molar-refractivity contribution in [2.24, 2.45) is 0 Å². The lowest BCUT2D eigenvalue weighted by Crippen LogP contribution is -2.42. The normalized spacial score (nSPS) is 10.4. The van der Waals surface area contributed by atoms with E-state index in [1.807, 2.05) is 0 Å². The van der Waals surface area contributed by atoms with E-state index in [0.29, 0.717) is 5.56 Å². The minimum atomic E-state index is -0.666. The van der Waals surface area contributed by atoms with Crippen molar-refractivity contribution in [2.75, 3.05) is 13.1 Å². The molecule has 10 heteroatoms. The molecule has 0 unspecified atom stereocenters. The van der Waals surface area contributed by atoms with Gasteiger partial charge in [-0.05, 0) is 24.6 Å². The van der Waals surface area contributed by atoms with Crippen LogP contribution in [-0.2, 0) is 22.7 Å². The fraction of sp³-hybridized carbons (Fsp3) is 0.278. The van der Waals surface area contributed by atoms with E-state index in [0.717, 1.165) is 22.9 Å². The number of carbonyl (C=O) groups is 2. The van der Waals surface area contributed by atoms with Crippen LogP contribution in [0.2, 0.25) is 0 Å². The second kappa shape index (κ2) is 9.40. The number of aromatic nitrogens is 1. The summed E-state index contributed by atoms with van der Waals surface area (Å²) in [5, 5.41) is 13.4. The Hall–Kier alpha value is -3.56. The molecule has 2 amide bonds. The maximum Gasteiger partial charge on any atom is 0.285 e. The highest BCUT2D eigenvalue weighted by molar-refractivity contribution is 5.84. The van der Waals surface area contributed by atoms with Gasteiger partial charge < -0.3 is 10.2 Å². The van der Waals surface area contributed by atoms with E-state index in [1.54, 1.807) is 6.92 Å². The molecule has 0 aliphatic heterocycles. The SMILES string of the molecule is CCN(CC(=O)NCc1ccc(F)cc1)C(=O)Cn1cc([N+](=O)[O-])ccc1=O. The number of nitrogens with one attached hydrogen (secondary N) is 1. The first-order valence-corrected chi connectivity index (χ1v) is 8.44. The molecule has 1 aromatic heterocycles. The number of hydrogen-bond acceptors (Lipinski definition) is 5. The third kappa shape index (κ3) is 5.73. The number of likely N-dealkylation sites (N-methyl/N-ethyl adjacent to an activating group) is 1. The summed E-state index contributed by atoms with van der Waals surface area (Å²) in [6, 6.07) is 7.70. The fourth-order valence-corrected chi connectivity index (χ4v) is 2.40. The first kappa shape index (κ1) is 20.7. The van der Waals surface area contributed by atoms with Gasteiger partial charge in [0.2, 0.25) is 11.8 Å². The Morgan fingerprint density at radius 3 is 2.50 bits per heavy atom. The fourth-order valence-electron chi connectivity index (χ4n) is 2.40. The minimum absolute atomic E-state index is 0.176. The van der Waals surface area contributed by atoms with Crippen LogP contribution in [0.5, 0.6) is 0 Å². The van der Waals surface area contributed by atoms with Gasteiger partial charge in [-0.15, -0.1) is 0 Å². The summed E-state index contributed by atoms with van der Waals surface area (Å²) in [4.78, 5) is 47.7. The number of benzene rings is 1. The Bertz CT molecular complexity index is 926. The Labute approximate surface area is 159 Å². The van der Waals surface area contributed by atoms with Gasteiger partial charge in [0.15, 0.2) is 0 Å². The highest BCUT2D eigenvalue weighted by atomic mass is 19.1. The molecule has 28 heavy (non-hydrogen) atoms. The first-order chi connectivity index (χ1) is 13.3. The molecule has 148 valence electrons. The van der Waals surface area contributed by atoms with Gasteiger partial charge in [0.1, 0.15) is 12.4 Å². The maximum absolute atomic E-state index is 12.9. The van der Waals surface area contributed by atoms with Crippen molar-refractivity contribution in [1.29, 1.82) is 0 Å². The molecule has 0 saturated carbocycles. The standard InChI is InChI=1S/C18H19FN4O5/c1-2-21(11-16(24)20-9-13-3-5-14(19)6-4-13)18(26)12-22-10-15(23(27)28)7-8-17(22)25/h3-8,10H,2,9,11-12H2,1H3,(H,20,24). The summed E-state index contributed by atoms with van der Waals surface area (Å²) in [5.41, 5.74) is -0.171. The van der Waals surface area contributed by atoms with Crippen molar-refractivity contribution in [1.82, 2.24) is 14.8 Å². The minimum Gasteiger partial charge on any atom is -0.350 e. The summed E-state index contributed by atoms with van der Waals surface area (Å²) in [6.07, 6.45) is 0.989. The zero-order chi connectivity index (χ0) is 20.7. The van der Waals surface area contributed by atoms with Crippen LogP contribution in [0.1, 0.15) is 12.5 Å². The maximum atomic E-state index is 12.9. The molecule has 0 bridgehead atoms. The van der Waals surface area contributed by atoms with E-state index in [9.17, 15) is 28.9 Å². The van der Waals surface area contributed by atoms with Crippen LogP contribution >= 0.6 is 0 Å². The van der Waals surface area contributed by atoms with Gasteiger partial charge in [0.05, 0.1) is 17.7 Å². The Morgan fingerprint density at radius 1 is 1.21 bits per heavy atom. The van der Waals surface area contributed by atoms with Crippen LogP contribution in [0.25, 0.3) is 0 Å². The van der Waals surface area contributed by atoms with Crippen molar-refractivity contribution >= 4 is 17.5 Å². The van der Waals surface area contributed by atoms with Crippen LogP contribution in [0, 0.1) is 15.9 Å². The molecule has 9 nitrogen and oxygen atoms in total. The van der Waals surface area contributed by atoms with Gasteiger partial charge in [0, 0.05) is 25.2 Å². The lowest BCUT2D eigenvalue weighted by atomic mass is 10.2. The van der Waals surface area contributed by atoms with Crippen LogP contribution in [0.15, 0.2) is 47.4 Å². The second-order valence-electron chi connectivity index (χ2n) is 5.92. The number of halogens is 1. The van der Waals surface area contributed by atoms with E-state index in [4.69, 9.17) is 0 Å². The Kier molecular flexibility index (Phi) is 6.96. The number of nitro groups is 1. The van der Waals surface area contributed by atoms with E-state index in [-0.39, 0.29) is 31.1 Å². The molecule has 1 N–H and O–H groups in total. The number of pyridine rings is 1. The van der Waals surface area contributed by atoms with Crippen molar-refractivity contribution in [2.45, 2.75) is 20.0 Å². The quantitative estimate of drug-likeness (QED) is 0.535. The number of amides is 2. The highest BCUT2D eigenvalue weighted by Gasteiger charge is 2.17. The number of nitrogens with zero attached hydrogens (tertiary/aromatic N) is 3. The Balaban J connectivity index is 1.96. The molecule has 2 aromatic rings. The van der Waals surface area contributed by atoms with Gasteiger partial charge in [-0.1, -0.05) is 12.1 Å². The molecular formula is C18H19FN4O5. The molecule has 0 spiro atoms. The number of carbonyl (C=O) groups excluding carboxylic acids is 2. The van der Waals surface area contributed by atoms with Crippen molar-refractivity contribution in [3.63, 3.8) is 0 Å². The molecule has 0 saturated heterocycles. The monoisotopic (exact) mass is 390 g/mol. The van der Waals surface area contributed by atoms with Crippen molar-refractivity contribution < 1.29 is 18.9 Å². The molecule has 0 fully saturated rings. The van der Waals surface area contributed by atoms with Gasteiger partial charge >= 0.3 is 0 Å². The smallest absolute Gasteiger partial charge is 0.285 e. The Morgan fingerprint density at radius 2 is 1.89 bits per heavy atom. The van der Waals surface area contributed by atoms with Crippen LogP contribution in [-0.4, -0.2) is 39.3 Å². The summed E-state index contributed by atoms with van der Waals surface area (Å²) in [7, 11) is 0. The predicted molar refractivity (Wildman–Crippen MR) is 97.9 cm³/mol. The van der Waals surface area contributed by atoms with Crippen molar-refractivity contribution in [3.05, 3.63) is 74.4 Å². The largest absolute Gasteiger partial charge is 0.350 e. The molecular weight excluding hydrogens is 371 g/mol. The average Bonchev–Trinajstić information content (AvgIpc) is 2.67. The van der Waals surface area contributed by atoms with Gasteiger partial charge in [-0.3, -0.25) is 29.1 Å². The van der Waals surface area contributed by atoms with Gasteiger partial charge in [-0.2, -0.15) is 0 Å². The lowest BCUT2D eigenvalue weighted by Gasteiger charge is -2.20. The molecule has 1 heterocycles. The second-order valence-corrected chi connectivity index (χ2v) is 5.92. The van der Waals surface area contributed by atoms with Gasteiger partial charge in [-0.25, -0.2) is 4.39 Å². The van der Waals surface area contributed by atoms with Crippen molar-refractivity contribution in [3.8, 4) is 0 Å². The summed E-state index contributed by atoms with van der Waals surface area (Å²) < 4.78 is 13.8. The first-order valence-electron chi connectivity index (χ1n) is 8.44. The zero-order valence-corrected chi connectivity index (χ0v) is 15.1. The lowest BCUT2D eigenvalue weighted by molar-refractivity contribution is -0.385. The zero-order valence-electron chi connectivity index (χ0n) is 15.1. The molecule has 0 radical (unpaired) electrons.